The molecule has 1 aliphatic rings. The van der Waals surface area contributed by atoms with Crippen molar-refractivity contribution < 1.29 is 4.74 Å². The third-order valence-electron chi connectivity index (χ3n) is 3.51. The number of thiocarbonyl (C=S) groups is 1. The molecule has 3 rings (SSSR count). The van der Waals surface area contributed by atoms with Gasteiger partial charge in [0.2, 0.25) is 0 Å². The number of ether oxygens (including phenoxy) is 1. The van der Waals surface area contributed by atoms with Crippen LogP contribution in [0.4, 0.5) is 0 Å². The molecule has 0 unspecified atom stereocenters. The SMILES string of the molecule is COc1ccccc1CN1CSC(=S)N(Cc2cccs2)C1. The fourth-order valence-corrected chi connectivity index (χ4v) is 4.22. The zero-order valence-corrected chi connectivity index (χ0v) is 14.8. The maximum atomic E-state index is 5.51. The van der Waals surface area contributed by atoms with Gasteiger partial charge >= 0.3 is 0 Å². The molecule has 1 fully saturated rings. The average Bonchev–Trinajstić information content (AvgIpc) is 3.04. The van der Waals surface area contributed by atoms with Gasteiger partial charge in [0, 0.05) is 17.0 Å². The molecular weight excluding hydrogens is 332 g/mol. The predicted molar refractivity (Wildman–Crippen MR) is 98.3 cm³/mol. The van der Waals surface area contributed by atoms with Crippen molar-refractivity contribution in [3.05, 3.63) is 52.2 Å². The van der Waals surface area contributed by atoms with E-state index in [4.69, 9.17) is 17.0 Å². The summed E-state index contributed by atoms with van der Waals surface area (Å²) in [6.07, 6.45) is 0. The summed E-state index contributed by atoms with van der Waals surface area (Å²) < 4.78 is 6.44. The maximum Gasteiger partial charge on any atom is 0.139 e. The van der Waals surface area contributed by atoms with E-state index in [2.05, 4.69) is 39.4 Å². The summed E-state index contributed by atoms with van der Waals surface area (Å²) in [7, 11) is 1.72. The predicted octanol–water partition coefficient (Wildman–Crippen LogP) is 4.01. The Morgan fingerprint density at radius 3 is 2.82 bits per heavy atom. The van der Waals surface area contributed by atoms with Crippen molar-refractivity contribution in [1.82, 2.24) is 9.80 Å². The van der Waals surface area contributed by atoms with E-state index in [1.807, 2.05) is 12.1 Å². The van der Waals surface area contributed by atoms with Crippen molar-refractivity contribution in [1.29, 1.82) is 0 Å². The van der Waals surface area contributed by atoms with Crippen LogP contribution >= 0.6 is 35.3 Å². The number of hydrogen-bond acceptors (Lipinski definition) is 5. The lowest BCUT2D eigenvalue weighted by atomic mass is 10.2. The number of para-hydroxylation sites is 1. The highest BCUT2D eigenvalue weighted by molar-refractivity contribution is 8.22. The lowest BCUT2D eigenvalue weighted by molar-refractivity contribution is 0.200. The smallest absolute Gasteiger partial charge is 0.139 e. The molecule has 0 spiro atoms. The Bertz CT molecular complexity index is 630. The van der Waals surface area contributed by atoms with E-state index in [0.717, 1.165) is 35.7 Å². The van der Waals surface area contributed by atoms with Gasteiger partial charge in [-0.2, -0.15) is 0 Å². The molecule has 6 heteroatoms. The Morgan fingerprint density at radius 2 is 2.05 bits per heavy atom. The van der Waals surface area contributed by atoms with Gasteiger partial charge in [-0.25, -0.2) is 0 Å². The lowest BCUT2D eigenvalue weighted by Crippen LogP contribution is -2.43. The third kappa shape index (κ3) is 3.81. The molecular formula is C16H18N2OS3. The Labute approximate surface area is 144 Å². The van der Waals surface area contributed by atoms with Crippen LogP contribution in [0.5, 0.6) is 5.75 Å². The van der Waals surface area contributed by atoms with Crippen molar-refractivity contribution in [2.24, 2.45) is 0 Å². The molecule has 0 saturated carbocycles. The first-order valence-electron chi connectivity index (χ1n) is 7.04. The Morgan fingerprint density at radius 1 is 1.18 bits per heavy atom. The maximum absolute atomic E-state index is 5.51. The van der Waals surface area contributed by atoms with Crippen LogP contribution < -0.4 is 4.74 Å². The van der Waals surface area contributed by atoms with Crippen molar-refractivity contribution in [2.75, 3.05) is 19.7 Å². The standard InChI is InChI=1S/C16H18N2OS3/c1-19-15-7-3-2-5-13(15)9-17-11-18(16(20)22-12-17)10-14-6-4-8-21-14/h2-8H,9-12H2,1H3. The van der Waals surface area contributed by atoms with Crippen molar-refractivity contribution >= 4 is 39.6 Å². The first kappa shape index (κ1) is 15.8. The fraction of sp³-hybridized carbons (Fsp3) is 0.312. The van der Waals surface area contributed by atoms with Gasteiger partial charge in [-0.15, -0.1) is 11.3 Å². The third-order valence-corrected chi connectivity index (χ3v) is 5.99. The number of thioether (sulfide) groups is 1. The van der Waals surface area contributed by atoms with Crippen LogP contribution in [0.3, 0.4) is 0 Å². The number of thiophene rings is 1. The topological polar surface area (TPSA) is 15.7 Å². The molecule has 3 nitrogen and oxygen atoms in total. The molecule has 1 aromatic carbocycles. The Hall–Kier alpha value is -1.08. The lowest BCUT2D eigenvalue weighted by Gasteiger charge is -2.36. The average molecular weight is 351 g/mol. The van der Waals surface area contributed by atoms with Crippen LogP contribution in [-0.4, -0.2) is 33.8 Å². The van der Waals surface area contributed by atoms with Crippen molar-refractivity contribution in [2.45, 2.75) is 13.1 Å². The summed E-state index contributed by atoms with van der Waals surface area (Å²) in [5.41, 5.74) is 1.22. The van der Waals surface area contributed by atoms with Gasteiger partial charge in [-0.05, 0) is 17.5 Å². The van der Waals surface area contributed by atoms with Gasteiger partial charge in [0.25, 0.3) is 0 Å². The minimum absolute atomic E-state index is 0.863. The van der Waals surface area contributed by atoms with Crippen LogP contribution in [0.15, 0.2) is 41.8 Å². The molecule has 1 aromatic heterocycles. The normalized spacial score (nSPS) is 16.0. The van der Waals surface area contributed by atoms with Gasteiger partial charge in [0.1, 0.15) is 10.1 Å². The van der Waals surface area contributed by atoms with E-state index in [9.17, 15) is 0 Å². The Balaban J connectivity index is 1.66. The molecule has 0 radical (unpaired) electrons. The molecule has 0 atom stereocenters. The second kappa shape index (κ2) is 7.46. The highest BCUT2D eigenvalue weighted by Gasteiger charge is 2.22. The highest BCUT2D eigenvalue weighted by Crippen LogP contribution is 2.26. The molecule has 0 bridgehead atoms. The summed E-state index contributed by atoms with van der Waals surface area (Å²) in [4.78, 5) is 6.01. The molecule has 2 heterocycles. The van der Waals surface area contributed by atoms with Gasteiger partial charge in [0.05, 0.1) is 26.2 Å². The van der Waals surface area contributed by atoms with Gasteiger partial charge in [0.15, 0.2) is 0 Å². The van der Waals surface area contributed by atoms with E-state index in [1.165, 1.54) is 10.4 Å². The molecule has 0 N–H and O–H groups in total. The van der Waals surface area contributed by atoms with Crippen molar-refractivity contribution in [3.8, 4) is 5.75 Å². The minimum Gasteiger partial charge on any atom is -0.496 e. The minimum atomic E-state index is 0.863. The molecule has 1 aliphatic heterocycles. The van der Waals surface area contributed by atoms with Crippen LogP contribution in [0, 0.1) is 0 Å². The van der Waals surface area contributed by atoms with E-state index in [-0.39, 0.29) is 0 Å². The van der Waals surface area contributed by atoms with Gasteiger partial charge < -0.3 is 9.64 Å². The first-order valence-corrected chi connectivity index (χ1v) is 9.32. The van der Waals surface area contributed by atoms with Crippen LogP contribution in [0.25, 0.3) is 0 Å². The Kier molecular flexibility index (Phi) is 5.36. The first-order chi connectivity index (χ1) is 10.8. The molecule has 22 heavy (non-hydrogen) atoms. The van der Waals surface area contributed by atoms with Crippen LogP contribution in [0.2, 0.25) is 0 Å². The largest absolute Gasteiger partial charge is 0.496 e. The second-order valence-corrected chi connectivity index (χ2v) is 7.71. The zero-order valence-electron chi connectivity index (χ0n) is 12.4. The summed E-state index contributed by atoms with van der Waals surface area (Å²) in [6.45, 7) is 2.63. The van der Waals surface area contributed by atoms with Gasteiger partial charge in [-0.1, -0.05) is 48.2 Å². The quantitative estimate of drug-likeness (QED) is 0.755. The molecule has 0 amide bonds. The monoisotopic (exact) mass is 350 g/mol. The number of methoxy groups -OCH3 is 1. The fourth-order valence-electron chi connectivity index (χ4n) is 2.45. The number of benzene rings is 1. The van der Waals surface area contributed by atoms with Gasteiger partial charge in [-0.3, -0.25) is 4.90 Å². The highest BCUT2D eigenvalue weighted by atomic mass is 32.2. The van der Waals surface area contributed by atoms with E-state index in [1.54, 1.807) is 30.2 Å². The summed E-state index contributed by atoms with van der Waals surface area (Å²) >= 11 is 9.03. The molecule has 1 saturated heterocycles. The summed E-state index contributed by atoms with van der Waals surface area (Å²) in [5, 5.41) is 2.11. The molecule has 116 valence electrons. The summed E-state index contributed by atoms with van der Waals surface area (Å²) in [6, 6.07) is 12.5. The second-order valence-electron chi connectivity index (χ2n) is 5.10. The number of rotatable bonds is 5. The van der Waals surface area contributed by atoms with E-state index < -0.39 is 0 Å². The number of hydrogen-bond donors (Lipinski definition) is 0. The van der Waals surface area contributed by atoms with E-state index >= 15 is 0 Å². The number of nitrogens with zero attached hydrogens (tertiary/aromatic N) is 2. The van der Waals surface area contributed by atoms with E-state index in [0.29, 0.717) is 0 Å². The summed E-state index contributed by atoms with van der Waals surface area (Å²) in [5.74, 6) is 1.88. The molecule has 0 aliphatic carbocycles. The van der Waals surface area contributed by atoms with Crippen molar-refractivity contribution in [3.63, 3.8) is 0 Å². The molecule has 2 aromatic rings. The zero-order chi connectivity index (χ0) is 15.4. The van der Waals surface area contributed by atoms with Crippen LogP contribution in [-0.2, 0) is 13.1 Å². The van der Waals surface area contributed by atoms with Crippen LogP contribution in [0.1, 0.15) is 10.4 Å².